The molecule has 84 valence electrons. The summed E-state index contributed by atoms with van der Waals surface area (Å²) in [5, 5.41) is 3.67. The molecule has 1 unspecified atom stereocenters. The van der Waals surface area contributed by atoms with E-state index in [-0.39, 0.29) is 11.9 Å². The van der Waals surface area contributed by atoms with Crippen LogP contribution in [0.15, 0.2) is 4.52 Å². The summed E-state index contributed by atoms with van der Waals surface area (Å²) in [5.74, 6) is 2.24. The van der Waals surface area contributed by atoms with Crippen molar-refractivity contribution in [2.75, 3.05) is 12.9 Å². The Morgan fingerprint density at radius 1 is 1.67 bits per heavy atom. The second-order valence-corrected chi connectivity index (χ2v) is 4.20. The Labute approximate surface area is 92.6 Å². The Morgan fingerprint density at radius 3 is 2.93 bits per heavy atom. The van der Waals surface area contributed by atoms with Crippen molar-refractivity contribution in [2.24, 2.45) is 5.92 Å². The maximum atomic E-state index is 11.1. The molecule has 0 aromatic carbocycles. The number of methoxy groups -OCH3 is 1. The van der Waals surface area contributed by atoms with Crippen LogP contribution in [-0.4, -0.2) is 29.0 Å². The van der Waals surface area contributed by atoms with Crippen LogP contribution in [0, 0.1) is 12.8 Å². The highest BCUT2D eigenvalue weighted by molar-refractivity contribution is 7.98. The molecule has 1 atom stereocenters. The second-order valence-electron chi connectivity index (χ2n) is 3.17. The third-order valence-electron chi connectivity index (χ3n) is 1.77. The molecule has 0 amide bonds. The third-order valence-corrected chi connectivity index (χ3v) is 2.95. The van der Waals surface area contributed by atoms with Crippen LogP contribution < -0.4 is 0 Å². The zero-order valence-electron chi connectivity index (χ0n) is 9.02. The lowest BCUT2D eigenvalue weighted by atomic mass is 10.2. The maximum absolute atomic E-state index is 11.1. The average molecular weight is 230 g/mol. The van der Waals surface area contributed by atoms with Crippen molar-refractivity contribution in [1.29, 1.82) is 0 Å². The van der Waals surface area contributed by atoms with Gasteiger partial charge in [0.05, 0.1) is 18.8 Å². The minimum absolute atomic E-state index is 0.107. The normalized spacial score (nSPS) is 12.5. The van der Waals surface area contributed by atoms with Crippen LogP contribution in [-0.2, 0) is 15.3 Å². The van der Waals surface area contributed by atoms with Crippen LogP contribution in [0.5, 0.6) is 0 Å². The van der Waals surface area contributed by atoms with E-state index >= 15 is 0 Å². The van der Waals surface area contributed by atoms with Gasteiger partial charge in [0, 0.05) is 5.75 Å². The van der Waals surface area contributed by atoms with Gasteiger partial charge in [-0.25, -0.2) is 0 Å². The van der Waals surface area contributed by atoms with E-state index in [4.69, 9.17) is 4.52 Å². The van der Waals surface area contributed by atoms with E-state index in [0.717, 1.165) is 0 Å². The van der Waals surface area contributed by atoms with Gasteiger partial charge in [0.1, 0.15) is 0 Å². The molecule has 5 nitrogen and oxygen atoms in total. The molecule has 0 aliphatic heterocycles. The number of carbonyl (C=O) groups is 1. The van der Waals surface area contributed by atoms with Gasteiger partial charge in [-0.15, -0.1) is 0 Å². The Kier molecular flexibility index (Phi) is 4.61. The van der Waals surface area contributed by atoms with Crippen LogP contribution in [0.1, 0.15) is 18.6 Å². The fourth-order valence-corrected chi connectivity index (χ4v) is 1.89. The molecule has 0 N–H and O–H groups in total. The first-order valence-electron chi connectivity index (χ1n) is 4.58. The zero-order chi connectivity index (χ0) is 11.3. The van der Waals surface area contributed by atoms with Crippen LogP contribution in [0.4, 0.5) is 0 Å². The molecule has 6 heteroatoms. The first kappa shape index (κ1) is 12.0. The molecule has 0 bridgehead atoms. The van der Waals surface area contributed by atoms with Gasteiger partial charge in [0.15, 0.2) is 5.82 Å². The summed E-state index contributed by atoms with van der Waals surface area (Å²) >= 11 is 1.57. The molecule has 0 radical (unpaired) electrons. The standard InChI is InChI=1S/C9H14N2O3S/c1-6(9(12)13-3)4-15-5-8-10-7(2)11-14-8/h6H,4-5H2,1-3H3. The van der Waals surface area contributed by atoms with E-state index in [1.54, 1.807) is 18.7 Å². The first-order chi connectivity index (χ1) is 7.13. The number of esters is 1. The molecule has 0 aliphatic carbocycles. The molecular formula is C9H14N2O3S. The number of nitrogens with zero attached hydrogens (tertiary/aromatic N) is 2. The molecule has 0 spiro atoms. The molecule has 0 fully saturated rings. The summed E-state index contributed by atoms with van der Waals surface area (Å²) in [4.78, 5) is 15.1. The molecular weight excluding hydrogens is 216 g/mol. The van der Waals surface area contributed by atoms with Gasteiger partial charge in [-0.3, -0.25) is 4.79 Å². The quantitative estimate of drug-likeness (QED) is 0.713. The largest absolute Gasteiger partial charge is 0.469 e. The lowest BCUT2D eigenvalue weighted by Crippen LogP contribution is -2.14. The van der Waals surface area contributed by atoms with Gasteiger partial charge >= 0.3 is 5.97 Å². The molecule has 1 rings (SSSR count). The number of thioether (sulfide) groups is 1. The van der Waals surface area contributed by atoms with Crippen molar-refractivity contribution in [1.82, 2.24) is 10.1 Å². The lowest BCUT2D eigenvalue weighted by molar-refractivity contribution is -0.143. The molecule has 15 heavy (non-hydrogen) atoms. The number of ether oxygens (including phenoxy) is 1. The number of aromatic nitrogens is 2. The smallest absolute Gasteiger partial charge is 0.309 e. The third kappa shape index (κ3) is 3.91. The number of carbonyl (C=O) groups excluding carboxylic acids is 1. The summed E-state index contributed by atoms with van der Waals surface area (Å²) in [6.45, 7) is 3.60. The van der Waals surface area contributed by atoms with Crippen LogP contribution in [0.3, 0.4) is 0 Å². The van der Waals surface area contributed by atoms with E-state index < -0.39 is 0 Å². The van der Waals surface area contributed by atoms with Gasteiger partial charge in [0.2, 0.25) is 5.89 Å². The van der Waals surface area contributed by atoms with Gasteiger partial charge in [-0.05, 0) is 6.92 Å². The summed E-state index contributed by atoms with van der Waals surface area (Å²) in [6.07, 6.45) is 0. The monoisotopic (exact) mass is 230 g/mol. The van der Waals surface area contributed by atoms with Crippen molar-refractivity contribution in [2.45, 2.75) is 19.6 Å². The van der Waals surface area contributed by atoms with E-state index in [0.29, 0.717) is 23.2 Å². The number of rotatable bonds is 5. The SMILES string of the molecule is COC(=O)C(C)CSCc1nc(C)no1. The predicted octanol–water partition coefficient (Wildman–Crippen LogP) is 1.42. The Balaban J connectivity index is 2.24. The van der Waals surface area contributed by atoms with Gasteiger partial charge < -0.3 is 9.26 Å². The fraction of sp³-hybridized carbons (Fsp3) is 0.667. The topological polar surface area (TPSA) is 65.2 Å². The molecule has 0 aliphatic rings. The van der Waals surface area contributed by atoms with Crippen LogP contribution in [0.2, 0.25) is 0 Å². The van der Waals surface area contributed by atoms with Crippen molar-refractivity contribution in [3.05, 3.63) is 11.7 Å². The highest BCUT2D eigenvalue weighted by Gasteiger charge is 2.13. The minimum Gasteiger partial charge on any atom is -0.469 e. The summed E-state index contributed by atoms with van der Waals surface area (Å²) < 4.78 is 9.55. The Morgan fingerprint density at radius 2 is 2.40 bits per heavy atom. The summed E-state index contributed by atoms with van der Waals surface area (Å²) in [5.41, 5.74) is 0. The highest BCUT2D eigenvalue weighted by Crippen LogP contribution is 2.14. The van der Waals surface area contributed by atoms with Crippen molar-refractivity contribution >= 4 is 17.7 Å². The number of hydrogen-bond acceptors (Lipinski definition) is 6. The second kappa shape index (κ2) is 5.75. The highest BCUT2D eigenvalue weighted by atomic mass is 32.2. The fourth-order valence-electron chi connectivity index (χ4n) is 0.991. The van der Waals surface area contributed by atoms with E-state index in [1.165, 1.54) is 7.11 Å². The van der Waals surface area contributed by atoms with Crippen LogP contribution >= 0.6 is 11.8 Å². The van der Waals surface area contributed by atoms with E-state index in [9.17, 15) is 4.79 Å². The molecule has 1 aromatic heterocycles. The average Bonchev–Trinajstić information content (AvgIpc) is 2.63. The summed E-state index contributed by atoms with van der Waals surface area (Å²) in [6, 6.07) is 0. The number of hydrogen-bond donors (Lipinski definition) is 0. The lowest BCUT2D eigenvalue weighted by Gasteiger charge is -2.06. The molecule has 0 saturated carbocycles. The van der Waals surface area contributed by atoms with Gasteiger partial charge in [-0.1, -0.05) is 12.1 Å². The Hall–Kier alpha value is -1.04. The van der Waals surface area contributed by atoms with E-state index in [1.807, 2.05) is 6.92 Å². The van der Waals surface area contributed by atoms with E-state index in [2.05, 4.69) is 14.9 Å². The molecule has 1 aromatic rings. The minimum atomic E-state index is -0.191. The van der Waals surface area contributed by atoms with Crippen molar-refractivity contribution in [3.8, 4) is 0 Å². The van der Waals surface area contributed by atoms with Gasteiger partial charge in [0.25, 0.3) is 0 Å². The van der Waals surface area contributed by atoms with Crippen molar-refractivity contribution in [3.63, 3.8) is 0 Å². The zero-order valence-corrected chi connectivity index (χ0v) is 9.84. The predicted molar refractivity (Wildman–Crippen MR) is 56.4 cm³/mol. The summed E-state index contributed by atoms with van der Waals surface area (Å²) in [7, 11) is 1.39. The van der Waals surface area contributed by atoms with Gasteiger partial charge in [-0.2, -0.15) is 16.7 Å². The number of aryl methyl sites for hydroxylation is 1. The molecule has 1 heterocycles. The van der Waals surface area contributed by atoms with Crippen LogP contribution in [0.25, 0.3) is 0 Å². The Bertz CT molecular complexity index is 327. The maximum Gasteiger partial charge on any atom is 0.309 e. The molecule has 0 saturated heterocycles. The van der Waals surface area contributed by atoms with Crippen molar-refractivity contribution < 1.29 is 14.1 Å². The first-order valence-corrected chi connectivity index (χ1v) is 5.73.